The van der Waals surface area contributed by atoms with Crippen LogP contribution in [0.25, 0.3) is 39.3 Å². The van der Waals surface area contributed by atoms with E-state index in [2.05, 4.69) is 18.1 Å². The van der Waals surface area contributed by atoms with Gasteiger partial charge >= 0.3 is 29.0 Å². The number of aryl methyl sites for hydroxylation is 3. The average Bonchev–Trinajstić information content (AvgIpc) is 3.69. The van der Waals surface area contributed by atoms with Crippen molar-refractivity contribution < 1.29 is 41.6 Å². The average molecular weight is 634 g/mol. The Bertz CT molecular complexity index is 1970. The number of nitrogens with one attached hydrogen (secondary N) is 1. The molecule has 0 aromatic carbocycles. The van der Waals surface area contributed by atoms with E-state index in [1.165, 1.54) is 0 Å². The molecule has 226 valence electrons. The van der Waals surface area contributed by atoms with E-state index in [0.29, 0.717) is 27.9 Å². The number of carboxylic acids is 1. The molecule has 44 heavy (non-hydrogen) atoms. The van der Waals surface area contributed by atoms with Gasteiger partial charge in [0.2, 0.25) is 0 Å². The largest absolute Gasteiger partial charge is 2.00 e. The quantitative estimate of drug-likeness (QED) is 0.238. The molecule has 1 spiro atoms. The van der Waals surface area contributed by atoms with E-state index in [4.69, 9.17) is 19.7 Å². The van der Waals surface area contributed by atoms with E-state index in [1.807, 2.05) is 32.9 Å². The molecule has 1 saturated heterocycles. The number of aromatic nitrogens is 4. The molecule has 6 rings (SSSR count). The van der Waals surface area contributed by atoms with Crippen LogP contribution in [0.5, 0.6) is 0 Å². The number of aliphatic carboxylic acids is 1. The molecule has 8 bridgehead atoms. The second kappa shape index (κ2) is 11.0. The Hall–Kier alpha value is -4.24. The number of carbonyl (C=O) groups is 2. The van der Waals surface area contributed by atoms with Gasteiger partial charge in [0.25, 0.3) is 0 Å². The number of allylic oxidation sites excluding steroid dienone is 3. The van der Waals surface area contributed by atoms with E-state index < -0.39 is 23.1 Å². The predicted molar refractivity (Wildman–Crippen MR) is 165 cm³/mol. The van der Waals surface area contributed by atoms with Gasteiger partial charge in [0.1, 0.15) is 5.60 Å². The van der Waals surface area contributed by atoms with Crippen LogP contribution in [0.4, 0.5) is 0 Å². The number of carboxylic acid groups (broad SMARTS) is 1. The first kappa shape index (κ1) is 31.2. The SMILES string of the molecule is C=CC1=C(C)c2cc3[n-]c(cc4nc(cc5[nH]c(cc1n2)c(C)c5C=C)[C@](C)(O)[C@]41CCC(=O)O1)c(CCC(=O)O)c3C.[Fe+2]. The van der Waals surface area contributed by atoms with Gasteiger partial charge in [0.15, 0.2) is 5.60 Å². The molecular weight excluding hydrogens is 600 g/mol. The molecule has 1 fully saturated rings. The fraction of sp³-hybridized carbons (Fsp3) is 0.294. The minimum absolute atomic E-state index is 0. The van der Waals surface area contributed by atoms with Crippen LogP contribution in [-0.4, -0.2) is 37.1 Å². The summed E-state index contributed by atoms with van der Waals surface area (Å²) in [5.41, 5.74) is 6.90. The number of esters is 1. The monoisotopic (exact) mass is 633 g/mol. The topological polar surface area (TPSA) is 140 Å². The Labute approximate surface area is 265 Å². The van der Waals surface area contributed by atoms with Crippen molar-refractivity contribution >= 4 is 51.2 Å². The molecule has 0 radical (unpaired) electrons. The summed E-state index contributed by atoms with van der Waals surface area (Å²) in [5, 5.41) is 21.5. The summed E-state index contributed by atoms with van der Waals surface area (Å²) in [4.78, 5) is 42.3. The van der Waals surface area contributed by atoms with Crippen molar-refractivity contribution in [1.82, 2.24) is 19.9 Å². The van der Waals surface area contributed by atoms with Crippen molar-refractivity contribution in [3.8, 4) is 0 Å². The molecule has 3 N–H and O–H groups in total. The summed E-state index contributed by atoms with van der Waals surface area (Å²) in [6, 6.07) is 7.34. The zero-order valence-corrected chi connectivity index (χ0v) is 26.1. The Kier molecular flexibility index (Phi) is 7.82. The summed E-state index contributed by atoms with van der Waals surface area (Å²) in [6.07, 6.45) is 4.04. The second-order valence-corrected chi connectivity index (χ2v) is 11.5. The Morgan fingerprint density at radius 1 is 1.05 bits per heavy atom. The Morgan fingerprint density at radius 2 is 1.80 bits per heavy atom. The smallest absolute Gasteiger partial charge is 0.657 e. The van der Waals surface area contributed by atoms with Crippen molar-refractivity contribution in [3.05, 3.63) is 88.5 Å². The van der Waals surface area contributed by atoms with Gasteiger partial charge in [-0.2, -0.15) is 0 Å². The number of ether oxygens (including phenoxy) is 1. The summed E-state index contributed by atoms with van der Waals surface area (Å²) < 4.78 is 5.90. The van der Waals surface area contributed by atoms with E-state index in [0.717, 1.165) is 50.3 Å². The number of fused-ring (bicyclic) bond motifs is 9. The summed E-state index contributed by atoms with van der Waals surface area (Å²) in [7, 11) is 0. The van der Waals surface area contributed by atoms with Gasteiger partial charge in [0, 0.05) is 41.4 Å². The summed E-state index contributed by atoms with van der Waals surface area (Å²) in [6.45, 7) is 15.5. The molecule has 3 aromatic heterocycles. The zero-order chi connectivity index (χ0) is 30.8. The molecule has 2 atom stereocenters. The fourth-order valence-corrected chi connectivity index (χ4v) is 6.46. The molecule has 3 aliphatic rings. The van der Waals surface area contributed by atoms with Crippen molar-refractivity contribution in [2.45, 2.75) is 64.6 Å². The minimum Gasteiger partial charge on any atom is -0.657 e. The van der Waals surface area contributed by atoms with Crippen LogP contribution in [0.15, 0.2) is 43.5 Å². The number of hydrogen-bond acceptors (Lipinski definition) is 6. The van der Waals surface area contributed by atoms with Gasteiger partial charge in [-0.25, -0.2) is 4.98 Å². The predicted octanol–water partition coefficient (Wildman–Crippen LogP) is 5.78. The molecule has 0 saturated carbocycles. The van der Waals surface area contributed by atoms with Crippen LogP contribution in [0.2, 0.25) is 0 Å². The van der Waals surface area contributed by atoms with Crippen molar-refractivity contribution in [1.29, 1.82) is 0 Å². The first-order valence-corrected chi connectivity index (χ1v) is 14.2. The van der Waals surface area contributed by atoms with Crippen LogP contribution >= 0.6 is 0 Å². The van der Waals surface area contributed by atoms with E-state index in [-0.39, 0.29) is 42.8 Å². The van der Waals surface area contributed by atoms with Crippen molar-refractivity contribution in [3.63, 3.8) is 0 Å². The maximum Gasteiger partial charge on any atom is 2.00 e. The molecule has 3 aliphatic heterocycles. The first-order valence-electron chi connectivity index (χ1n) is 14.2. The van der Waals surface area contributed by atoms with Gasteiger partial charge < -0.3 is 24.9 Å². The molecule has 6 heterocycles. The van der Waals surface area contributed by atoms with Gasteiger partial charge in [-0.05, 0) is 57.4 Å². The third kappa shape index (κ3) is 4.65. The van der Waals surface area contributed by atoms with E-state index in [1.54, 1.807) is 31.2 Å². The number of aromatic amines is 1. The first-order chi connectivity index (χ1) is 20.4. The third-order valence-corrected chi connectivity index (χ3v) is 9.07. The number of carbonyl (C=O) groups excluding carboxylic acids is 1. The van der Waals surface area contributed by atoms with Gasteiger partial charge in [0.05, 0.1) is 22.8 Å². The summed E-state index contributed by atoms with van der Waals surface area (Å²) in [5.74, 6) is -1.35. The summed E-state index contributed by atoms with van der Waals surface area (Å²) >= 11 is 0. The Balaban J connectivity index is 0.00000384. The van der Waals surface area contributed by atoms with Gasteiger partial charge in [-0.1, -0.05) is 48.6 Å². The van der Waals surface area contributed by atoms with Crippen LogP contribution in [-0.2, 0) is 49.0 Å². The maximum absolute atomic E-state index is 12.5. The fourth-order valence-electron chi connectivity index (χ4n) is 6.46. The third-order valence-electron chi connectivity index (χ3n) is 9.07. The molecule has 0 amide bonds. The van der Waals surface area contributed by atoms with E-state index in [9.17, 15) is 19.8 Å². The Morgan fingerprint density at radius 3 is 2.43 bits per heavy atom. The second-order valence-electron chi connectivity index (χ2n) is 11.5. The number of nitrogens with zero attached hydrogens (tertiary/aromatic N) is 3. The van der Waals surface area contributed by atoms with Crippen LogP contribution in [0.1, 0.15) is 78.1 Å². The van der Waals surface area contributed by atoms with Crippen LogP contribution in [0.3, 0.4) is 0 Å². The molecule has 0 unspecified atom stereocenters. The molecular formula is C34H33FeN4O5+. The van der Waals surface area contributed by atoms with Crippen LogP contribution in [0, 0.1) is 13.8 Å². The number of rotatable bonds is 5. The molecule has 0 aliphatic carbocycles. The maximum atomic E-state index is 12.5. The van der Waals surface area contributed by atoms with Gasteiger partial charge in [-0.15, -0.1) is 11.0 Å². The normalized spacial score (nSPS) is 20.9. The van der Waals surface area contributed by atoms with Crippen molar-refractivity contribution in [2.75, 3.05) is 0 Å². The zero-order valence-electron chi connectivity index (χ0n) is 25.0. The molecule has 9 nitrogen and oxygen atoms in total. The number of hydrogen-bond donors (Lipinski definition) is 3. The molecule has 10 heteroatoms. The molecule has 3 aromatic rings. The standard InChI is InChI=1S/C34H34N4O5.Fe/c1-7-20-17(3)23-13-24-19(5)22(9-10-31(39)40)28(37-24)16-30-34(12-11-32(41)43-34)33(6,42)29(38-30)15-27-21(8-2)18(4)25(36-27)14-26(20)35-23;/h7-8,13-16,42H,1-2,9-12H2,3-6H3,(H3,35,36,37,38,39,40);/q;+2/p-1/t33-,34-;/m0./s1. The number of H-pyrrole nitrogens is 1. The van der Waals surface area contributed by atoms with Gasteiger partial charge in [-0.3, -0.25) is 14.6 Å². The van der Waals surface area contributed by atoms with Crippen molar-refractivity contribution in [2.24, 2.45) is 0 Å². The minimum atomic E-state index is -1.66. The number of aliphatic hydroxyl groups is 1. The van der Waals surface area contributed by atoms with Crippen LogP contribution < -0.4 is 4.98 Å². The van der Waals surface area contributed by atoms with E-state index >= 15 is 0 Å².